The molecule has 3 nitrogen and oxygen atoms in total. The molecule has 1 fully saturated rings. The molecule has 1 saturated heterocycles. The highest BCUT2D eigenvalue weighted by atomic mass is 15.1. The van der Waals surface area contributed by atoms with Crippen molar-refractivity contribution in [3.05, 3.63) is 0 Å². The van der Waals surface area contributed by atoms with E-state index < -0.39 is 0 Å². The molecule has 0 atom stereocenters. The molecule has 6 heteroatoms. The van der Waals surface area contributed by atoms with Crippen LogP contribution in [0.1, 0.15) is 19.8 Å². The minimum absolute atomic E-state index is 0.961. The summed E-state index contributed by atoms with van der Waals surface area (Å²) in [7, 11) is 3.06. The average Bonchev–Trinajstić information content (AvgIpc) is 2.03. The molecule has 10 heavy (non-hydrogen) atoms. The monoisotopic (exact) mass is 137 g/mol. The summed E-state index contributed by atoms with van der Waals surface area (Å²) in [5.41, 5.74) is 0. The predicted octanol–water partition coefficient (Wildman–Crippen LogP) is -1.92. The van der Waals surface area contributed by atoms with Gasteiger partial charge in [-0.15, -0.1) is 0 Å². The van der Waals surface area contributed by atoms with E-state index in [1.54, 1.807) is 0 Å². The molecule has 1 aliphatic heterocycles. The van der Waals surface area contributed by atoms with Gasteiger partial charge in [0.2, 0.25) is 0 Å². The largest absolute Gasteiger partial charge is 0.377 e. The fraction of sp³-hybridized carbons (Fsp3) is 1.00. The maximum Gasteiger partial charge on any atom is 0.267 e. The Morgan fingerprint density at radius 3 is 2.60 bits per heavy atom. The number of hydrogen-bond donors (Lipinski definition) is 2. The third kappa shape index (κ3) is 2.77. The summed E-state index contributed by atoms with van der Waals surface area (Å²) >= 11 is 0. The van der Waals surface area contributed by atoms with Crippen LogP contribution in [0.25, 0.3) is 0 Å². The van der Waals surface area contributed by atoms with Crippen molar-refractivity contribution >= 4 is 22.6 Å². The van der Waals surface area contributed by atoms with Gasteiger partial charge in [0.05, 0.1) is 0 Å². The van der Waals surface area contributed by atoms with Crippen LogP contribution in [-0.4, -0.2) is 33.9 Å². The van der Waals surface area contributed by atoms with Gasteiger partial charge in [-0.05, 0) is 13.0 Å². The molecule has 0 aromatic heterocycles. The van der Waals surface area contributed by atoms with Crippen LogP contribution >= 0.6 is 0 Å². The Morgan fingerprint density at radius 1 is 1.30 bits per heavy atom. The lowest BCUT2D eigenvalue weighted by Crippen LogP contribution is -2.57. The normalized spacial score (nSPS) is 18.9. The van der Waals surface area contributed by atoms with E-state index in [0.29, 0.717) is 0 Å². The smallest absolute Gasteiger partial charge is 0.267 e. The van der Waals surface area contributed by atoms with E-state index >= 15 is 0 Å². The molecule has 0 aliphatic carbocycles. The number of unbranched alkanes of at least 4 members (excludes halogenated alkanes) is 1. The number of nitrogens with zero attached hydrogens (tertiary/aromatic N) is 1. The van der Waals surface area contributed by atoms with E-state index in [1.807, 2.05) is 0 Å². The number of nitrogens with one attached hydrogen (secondary N) is 2. The highest BCUT2D eigenvalue weighted by Crippen LogP contribution is 1.90. The van der Waals surface area contributed by atoms with Crippen LogP contribution in [-0.2, 0) is 0 Å². The van der Waals surface area contributed by atoms with Crippen LogP contribution in [0.4, 0.5) is 0 Å². The fourth-order valence-corrected chi connectivity index (χ4v) is 1.11. The van der Waals surface area contributed by atoms with E-state index in [0.717, 1.165) is 22.6 Å². The zero-order valence-corrected chi connectivity index (χ0v) is 6.69. The van der Waals surface area contributed by atoms with Gasteiger partial charge >= 0.3 is 0 Å². The van der Waals surface area contributed by atoms with E-state index in [1.165, 1.54) is 19.4 Å². The lowest BCUT2D eigenvalue weighted by Gasteiger charge is -2.25. The van der Waals surface area contributed by atoms with Crippen LogP contribution in [0.2, 0.25) is 0 Å². The van der Waals surface area contributed by atoms with Crippen molar-refractivity contribution in [3.63, 3.8) is 0 Å². The summed E-state index contributed by atoms with van der Waals surface area (Å²) in [6.07, 6.45) is 2.60. The zero-order chi connectivity index (χ0) is 7.23. The molecular weight excluding hydrogens is 123 g/mol. The molecule has 2 N–H and O–H groups in total. The Hall–Kier alpha value is 0.0748. The summed E-state index contributed by atoms with van der Waals surface area (Å²) < 4.78 is 2.38. The Morgan fingerprint density at radius 2 is 2.00 bits per heavy atom. The quantitative estimate of drug-likeness (QED) is 0.443. The molecule has 1 rings (SSSR count). The number of rotatable bonds is 3. The van der Waals surface area contributed by atoms with Crippen LogP contribution in [0.5, 0.6) is 0 Å². The summed E-state index contributed by atoms with van der Waals surface area (Å²) in [5.74, 6) is 0. The van der Waals surface area contributed by atoms with E-state index in [-0.39, 0.29) is 0 Å². The Balaban J connectivity index is 2.02. The summed E-state index contributed by atoms with van der Waals surface area (Å²) in [5, 5.41) is 6.52. The van der Waals surface area contributed by atoms with Crippen LogP contribution in [0.15, 0.2) is 0 Å². The lowest BCUT2D eigenvalue weighted by molar-refractivity contribution is 0.604. The topological polar surface area (TPSA) is 27.3 Å². The van der Waals surface area contributed by atoms with Crippen molar-refractivity contribution in [2.45, 2.75) is 19.8 Å². The molecule has 0 aromatic rings. The summed E-state index contributed by atoms with van der Waals surface area (Å²) in [6, 6.07) is 0. The second-order valence-corrected chi connectivity index (χ2v) is 2.74. The lowest BCUT2D eigenvalue weighted by atomic mass is 9.80. The van der Waals surface area contributed by atoms with Crippen molar-refractivity contribution in [1.82, 2.24) is 15.0 Å². The molecule has 0 amide bonds. The SMILES string of the molecule is CCCCN1BNBNB1. The van der Waals surface area contributed by atoms with Crippen LogP contribution in [0.3, 0.4) is 0 Å². The Kier molecular flexibility index (Phi) is 3.94. The molecule has 1 aliphatic rings. The molecule has 0 unspecified atom stereocenters. The molecule has 1 heterocycles. The van der Waals surface area contributed by atoms with Crippen LogP contribution < -0.4 is 10.3 Å². The van der Waals surface area contributed by atoms with Crippen LogP contribution in [0, 0.1) is 0 Å². The summed E-state index contributed by atoms with van der Waals surface area (Å²) in [6.45, 7) is 3.45. The van der Waals surface area contributed by atoms with Gasteiger partial charge in [-0.2, -0.15) is 0 Å². The first-order valence-corrected chi connectivity index (χ1v) is 4.07. The molecule has 54 valence electrons. The maximum absolute atomic E-state index is 3.26. The van der Waals surface area contributed by atoms with Gasteiger partial charge in [0.25, 0.3) is 22.6 Å². The van der Waals surface area contributed by atoms with Gasteiger partial charge in [-0.1, -0.05) is 13.3 Å². The second-order valence-electron chi connectivity index (χ2n) is 2.74. The number of hydrogen-bond acceptors (Lipinski definition) is 3. The Labute approximate surface area is 64.8 Å². The van der Waals surface area contributed by atoms with Crippen molar-refractivity contribution in [3.8, 4) is 0 Å². The second kappa shape index (κ2) is 4.82. The van der Waals surface area contributed by atoms with Gasteiger partial charge in [0, 0.05) is 0 Å². The van der Waals surface area contributed by atoms with Crippen molar-refractivity contribution in [1.29, 1.82) is 0 Å². The van der Waals surface area contributed by atoms with Gasteiger partial charge in [0.1, 0.15) is 0 Å². The first kappa shape index (κ1) is 8.17. The molecule has 0 aromatic carbocycles. The molecule has 0 bridgehead atoms. The van der Waals surface area contributed by atoms with E-state index in [9.17, 15) is 0 Å². The van der Waals surface area contributed by atoms with Gasteiger partial charge in [0.15, 0.2) is 0 Å². The predicted molar refractivity (Wildman–Crippen MR) is 49.3 cm³/mol. The molecular formula is C4H14B3N3. The molecule has 0 radical (unpaired) electrons. The standard InChI is InChI=1S/C4H14B3N3/c1-2-3-4-10-6-8-5-9-7-10/h5-9H,2-4H2,1H3. The first-order valence-electron chi connectivity index (χ1n) is 4.07. The van der Waals surface area contributed by atoms with Crippen molar-refractivity contribution in [2.24, 2.45) is 0 Å². The molecule has 0 spiro atoms. The minimum atomic E-state index is 0.961. The highest BCUT2D eigenvalue weighted by Gasteiger charge is 2.11. The maximum atomic E-state index is 3.26. The van der Waals surface area contributed by atoms with E-state index in [4.69, 9.17) is 0 Å². The summed E-state index contributed by atoms with van der Waals surface area (Å²) in [4.78, 5) is 0. The average molecular weight is 137 g/mol. The third-order valence-corrected chi connectivity index (χ3v) is 1.75. The van der Waals surface area contributed by atoms with Gasteiger partial charge in [-0.3, -0.25) is 0 Å². The van der Waals surface area contributed by atoms with E-state index in [2.05, 4.69) is 21.9 Å². The fourth-order valence-electron chi connectivity index (χ4n) is 1.11. The Bertz CT molecular complexity index is 85.8. The van der Waals surface area contributed by atoms with Crippen molar-refractivity contribution < 1.29 is 0 Å². The third-order valence-electron chi connectivity index (χ3n) is 1.75. The van der Waals surface area contributed by atoms with Gasteiger partial charge in [-0.25, -0.2) is 0 Å². The molecule has 0 saturated carbocycles. The van der Waals surface area contributed by atoms with Crippen molar-refractivity contribution in [2.75, 3.05) is 6.54 Å². The zero-order valence-electron chi connectivity index (χ0n) is 6.69. The highest BCUT2D eigenvalue weighted by molar-refractivity contribution is 6.65. The van der Waals surface area contributed by atoms with Gasteiger partial charge < -0.3 is 15.0 Å². The minimum Gasteiger partial charge on any atom is -0.377 e. The first-order chi connectivity index (χ1) is 4.93.